The van der Waals surface area contributed by atoms with E-state index in [0.29, 0.717) is 57.0 Å². The van der Waals surface area contributed by atoms with Crippen LogP contribution >= 0.6 is 0 Å². The molecule has 0 aliphatic carbocycles. The van der Waals surface area contributed by atoms with Crippen LogP contribution in [0.3, 0.4) is 0 Å². The number of ether oxygens (including phenoxy) is 5. The third kappa shape index (κ3) is 18.9. The van der Waals surface area contributed by atoms with Crippen LogP contribution < -0.4 is 46.6 Å². The molecule has 0 amide bonds. The van der Waals surface area contributed by atoms with Crippen molar-refractivity contribution < 1.29 is 47.4 Å². The molecule has 8 rings (SSSR count). The summed E-state index contributed by atoms with van der Waals surface area (Å²) in [5.74, 6) is 4.46. The van der Waals surface area contributed by atoms with Gasteiger partial charge in [0.25, 0.3) is 0 Å². The van der Waals surface area contributed by atoms with Crippen molar-refractivity contribution in [3.63, 3.8) is 0 Å². The van der Waals surface area contributed by atoms with Crippen LogP contribution in [0.1, 0.15) is 52.8 Å². The highest BCUT2D eigenvalue weighted by atomic mass is 19.1. The van der Waals surface area contributed by atoms with Crippen LogP contribution in [0.25, 0.3) is 0 Å². The molecule has 0 radical (unpaired) electrons. The number of nitrogens with two attached hydrogens (primary N) is 4. The largest absolute Gasteiger partial charge is 0.493 e. The Morgan fingerprint density at radius 2 is 0.890 bits per heavy atom. The van der Waals surface area contributed by atoms with Crippen LogP contribution in [0.5, 0.6) is 52.3 Å². The monoisotopic (exact) mass is 1120 g/mol. The molecule has 82 heavy (non-hydrogen) atoms. The summed E-state index contributed by atoms with van der Waals surface area (Å²) in [6.45, 7) is 7.88. The van der Waals surface area contributed by atoms with Crippen molar-refractivity contribution in [3.05, 3.63) is 174 Å². The number of benzene rings is 4. The highest BCUT2D eigenvalue weighted by Crippen LogP contribution is 2.34. The van der Waals surface area contributed by atoms with Crippen molar-refractivity contribution in [2.45, 2.75) is 33.1 Å². The third-order valence-corrected chi connectivity index (χ3v) is 10.6. The van der Waals surface area contributed by atoms with E-state index >= 15 is 0 Å². The van der Waals surface area contributed by atoms with Crippen LogP contribution in [-0.2, 0) is 38.6 Å². The van der Waals surface area contributed by atoms with Gasteiger partial charge in [-0.1, -0.05) is 83.0 Å². The van der Waals surface area contributed by atoms with E-state index < -0.39 is 5.82 Å². The molecule has 4 aromatic carbocycles. The number of aromatic nitrogens is 8. The average molecular weight is 1120 g/mol. The molecular formula is C56H61FN16O9. The lowest BCUT2D eigenvalue weighted by Gasteiger charge is -2.12. The number of nitrogens with zero attached hydrogens (tertiary/aromatic N) is 12. The fourth-order valence-corrected chi connectivity index (χ4v) is 6.54. The quantitative estimate of drug-likeness (QED) is 0.0295. The first-order valence-electron chi connectivity index (χ1n) is 24.5. The number of aryl methyl sites for hydroxylation is 2. The lowest BCUT2D eigenvalue weighted by Crippen LogP contribution is -2.03. The van der Waals surface area contributed by atoms with E-state index in [1.165, 1.54) is 102 Å². The minimum atomic E-state index is -0.411. The molecule has 0 saturated carbocycles. The van der Waals surface area contributed by atoms with E-state index in [0.717, 1.165) is 36.1 Å². The Kier molecular flexibility index (Phi) is 25.1. The Balaban J connectivity index is 0.000000201. The Hall–Kier alpha value is -11.1. The molecule has 0 bridgehead atoms. The minimum absolute atomic E-state index is 0.166. The summed E-state index contributed by atoms with van der Waals surface area (Å²) in [5.41, 5.74) is 28.2. The van der Waals surface area contributed by atoms with Gasteiger partial charge in [0.2, 0.25) is 23.5 Å². The van der Waals surface area contributed by atoms with Crippen LogP contribution in [-0.4, -0.2) is 100 Å². The standard InChI is InChI=1S/C16H18N4O3.2C14H16N4O2.C12H11FN4O2/c1-4-5-11-6-7-13(14(8-11)21-2)23-16-12(9-20-22-3)15(17)18-10-19-16;1-3-10-4-6-11(7-5-10)20-14-12(8-18-19-2)13(15)16-9-17-14;1-3-10-6-4-5-7-12(10)20-14-11(8-18-19-2)13(15)16-9-17-14;1-18-17-6-10-11(14)15-7-16-12(10)19-9-4-2-3-8(13)5-9/h4,6-10H,1,5H2,2-3H3,(H2,17,18,19);2*4-9H,3H2,1-2H3,(H2,15,16,17);2-7H,1H3,(H2,14,15,16)/b20-9+;2*18-8+;17-6+. The second kappa shape index (κ2) is 33.3. The molecule has 426 valence electrons. The van der Waals surface area contributed by atoms with E-state index in [2.05, 4.69) is 100 Å². The maximum atomic E-state index is 13.1. The Morgan fingerprint density at radius 3 is 1.32 bits per heavy atom. The first-order valence-corrected chi connectivity index (χ1v) is 24.5. The predicted octanol–water partition coefficient (Wildman–Crippen LogP) is 9.33. The number of allylic oxidation sites excluding steroid dienone is 1. The van der Waals surface area contributed by atoms with E-state index in [9.17, 15) is 4.39 Å². The second-order valence-electron chi connectivity index (χ2n) is 15.9. The van der Waals surface area contributed by atoms with Gasteiger partial charge in [-0.3, -0.25) is 0 Å². The molecule has 0 spiro atoms. The summed E-state index contributed by atoms with van der Waals surface area (Å²) in [6, 6.07) is 26.8. The molecule has 8 aromatic rings. The normalized spacial score (nSPS) is 10.6. The van der Waals surface area contributed by atoms with E-state index in [-0.39, 0.29) is 35.0 Å². The number of anilines is 4. The van der Waals surface area contributed by atoms with Gasteiger partial charge >= 0.3 is 0 Å². The summed E-state index contributed by atoms with van der Waals surface area (Å²) in [7, 11) is 7.29. The molecule has 8 N–H and O–H groups in total. The van der Waals surface area contributed by atoms with Gasteiger partial charge in [-0.05, 0) is 78.4 Å². The maximum Gasteiger partial charge on any atom is 0.233 e. The number of nitrogen functional groups attached to an aromatic ring is 4. The number of methoxy groups -OCH3 is 1. The molecule has 4 aromatic heterocycles. The molecule has 0 saturated heterocycles. The molecule has 0 atom stereocenters. The molecule has 4 heterocycles. The van der Waals surface area contributed by atoms with Gasteiger partial charge in [-0.2, -0.15) is 0 Å². The summed E-state index contributed by atoms with van der Waals surface area (Å²) in [4.78, 5) is 50.3. The van der Waals surface area contributed by atoms with Gasteiger partial charge in [-0.15, -0.1) is 6.58 Å². The van der Waals surface area contributed by atoms with Gasteiger partial charge in [0.05, 0.1) is 32.0 Å². The lowest BCUT2D eigenvalue weighted by atomic mass is 10.1. The predicted molar refractivity (Wildman–Crippen MR) is 309 cm³/mol. The number of rotatable bonds is 21. The summed E-state index contributed by atoms with van der Waals surface area (Å²) < 4.78 is 41.2. The maximum absolute atomic E-state index is 13.1. The molecule has 25 nitrogen and oxygen atoms in total. The SMILES string of the molecule is C=CCc1ccc(Oc2ncnc(N)c2/C=N/OC)c(OC)c1.CCc1ccc(Oc2ncnc(N)c2/C=N/OC)cc1.CCc1ccccc1Oc1ncnc(N)c1/C=N/OC.CO/N=C/c1c(N)ncnc1Oc1cccc(F)c1. The zero-order chi connectivity index (χ0) is 59.1. The Bertz CT molecular complexity index is 3430. The zero-order valence-corrected chi connectivity index (χ0v) is 45.9. The Morgan fingerprint density at radius 1 is 0.451 bits per heavy atom. The molecule has 26 heteroatoms. The highest BCUT2D eigenvalue weighted by Gasteiger charge is 2.16. The second-order valence-corrected chi connectivity index (χ2v) is 15.9. The van der Waals surface area contributed by atoms with Gasteiger partial charge in [-0.25, -0.2) is 44.3 Å². The summed E-state index contributed by atoms with van der Waals surface area (Å²) >= 11 is 0. The van der Waals surface area contributed by atoms with E-state index in [4.69, 9.17) is 46.6 Å². The minimum Gasteiger partial charge on any atom is -0.493 e. The number of halogens is 1. The van der Waals surface area contributed by atoms with Gasteiger partial charge < -0.3 is 66.0 Å². The van der Waals surface area contributed by atoms with E-state index in [1.807, 2.05) is 66.7 Å². The first kappa shape index (κ1) is 61.8. The highest BCUT2D eigenvalue weighted by molar-refractivity contribution is 5.90. The fraction of sp³-hybridized carbons (Fsp3) is 0.179. The van der Waals surface area contributed by atoms with Crippen molar-refractivity contribution in [1.82, 2.24) is 39.9 Å². The van der Waals surface area contributed by atoms with Gasteiger partial charge in [0.15, 0.2) is 11.5 Å². The number of para-hydroxylation sites is 1. The number of hydrogen-bond donors (Lipinski definition) is 4. The molecular weight excluding hydrogens is 1060 g/mol. The average Bonchev–Trinajstić information content (AvgIpc) is 3.57. The summed E-state index contributed by atoms with van der Waals surface area (Å²) in [5, 5.41) is 14.6. The van der Waals surface area contributed by atoms with Crippen molar-refractivity contribution in [2.75, 3.05) is 58.5 Å². The zero-order valence-electron chi connectivity index (χ0n) is 45.9. The molecule has 0 unspecified atom stereocenters. The molecule has 0 aliphatic heterocycles. The smallest absolute Gasteiger partial charge is 0.233 e. The molecule has 0 fully saturated rings. The number of hydrogen-bond acceptors (Lipinski definition) is 25. The summed E-state index contributed by atoms with van der Waals surface area (Å²) in [6.07, 6.45) is 15.2. The first-order chi connectivity index (χ1) is 39.9. The van der Waals surface area contributed by atoms with Crippen molar-refractivity contribution >= 4 is 48.1 Å². The van der Waals surface area contributed by atoms with Crippen molar-refractivity contribution in [3.8, 4) is 52.3 Å². The van der Waals surface area contributed by atoms with E-state index in [1.54, 1.807) is 19.2 Å². The topological polar surface area (TPSA) is 340 Å². The third-order valence-electron chi connectivity index (χ3n) is 10.6. The number of oxime groups is 4. The fourth-order valence-electron chi connectivity index (χ4n) is 6.54. The van der Waals surface area contributed by atoms with Gasteiger partial charge in [0, 0.05) is 6.07 Å². The van der Waals surface area contributed by atoms with Crippen LogP contribution in [0.4, 0.5) is 27.7 Å². The van der Waals surface area contributed by atoms with Crippen molar-refractivity contribution in [1.29, 1.82) is 0 Å². The van der Waals surface area contributed by atoms with Crippen molar-refractivity contribution in [2.24, 2.45) is 20.6 Å². The molecule has 0 aliphatic rings. The van der Waals surface area contributed by atoms with Crippen LogP contribution in [0.15, 0.2) is 150 Å². The van der Waals surface area contributed by atoms with Crippen LogP contribution in [0.2, 0.25) is 0 Å². The lowest BCUT2D eigenvalue weighted by molar-refractivity contribution is 0.215. The Labute approximate surface area is 472 Å². The van der Waals surface area contributed by atoms with Crippen LogP contribution in [0, 0.1) is 5.82 Å². The van der Waals surface area contributed by atoms with Gasteiger partial charge in [0.1, 0.15) is 122 Å².